The van der Waals surface area contributed by atoms with Crippen molar-refractivity contribution < 1.29 is 9.21 Å². The van der Waals surface area contributed by atoms with Gasteiger partial charge in [0, 0.05) is 16.3 Å². The zero-order chi connectivity index (χ0) is 11.1. The Morgan fingerprint density at radius 1 is 1.38 bits per heavy atom. The summed E-state index contributed by atoms with van der Waals surface area (Å²) in [5.41, 5.74) is 0.780. The van der Waals surface area contributed by atoms with Gasteiger partial charge in [0.15, 0.2) is 11.5 Å². The SMILES string of the molecule is O=C(CC1CC1)c1cc2cc(Br)ccc2o1. The van der Waals surface area contributed by atoms with Gasteiger partial charge in [0.25, 0.3) is 0 Å². The predicted octanol–water partition coefficient (Wildman–Crippen LogP) is 4.18. The van der Waals surface area contributed by atoms with Crippen LogP contribution in [0.3, 0.4) is 0 Å². The maximum atomic E-state index is 11.8. The van der Waals surface area contributed by atoms with Gasteiger partial charge in [0.05, 0.1) is 0 Å². The minimum absolute atomic E-state index is 0.134. The van der Waals surface area contributed by atoms with Crippen molar-refractivity contribution in [2.75, 3.05) is 0 Å². The number of furan rings is 1. The van der Waals surface area contributed by atoms with Crippen LogP contribution in [-0.4, -0.2) is 5.78 Å². The van der Waals surface area contributed by atoms with Crippen molar-refractivity contribution in [3.63, 3.8) is 0 Å². The van der Waals surface area contributed by atoms with Gasteiger partial charge in [0.2, 0.25) is 0 Å². The predicted molar refractivity (Wildman–Crippen MR) is 65.6 cm³/mol. The van der Waals surface area contributed by atoms with E-state index < -0.39 is 0 Å². The molecule has 82 valence electrons. The molecule has 0 N–H and O–H groups in total. The van der Waals surface area contributed by atoms with Crippen LogP contribution in [0.1, 0.15) is 29.8 Å². The van der Waals surface area contributed by atoms with Gasteiger partial charge >= 0.3 is 0 Å². The molecule has 1 aromatic carbocycles. The number of ketones is 1. The number of halogens is 1. The topological polar surface area (TPSA) is 30.2 Å². The van der Waals surface area contributed by atoms with Gasteiger partial charge in [0.1, 0.15) is 5.58 Å². The van der Waals surface area contributed by atoms with Gasteiger partial charge in [-0.25, -0.2) is 0 Å². The average Bonchev–Trinajstić information content (AvgIpc) is 2.95. The first-order chi connectivity index (χ1) is 7.72. The lowest BCUT2D eigenvalue weighted by atomic mass is 10.1. The molecule has 0 bridgehead atoms. The van der Waals surface area contributed by atoms with Crippen LogP contribution in [0.25, 0.3) is 11.0 Å². The van der Waals surface area contributed by atoms with Crippen LogP contribution in [0, 0.1) is 5.92 Å². The van der Waals surface area contributed by atoms with Gasteiger partial charge in [-0.15, -0.1) is 0 Å². The Morgan fingerprint density at radius 3 is 2.94 bits per heavy atom. The van der Waals surface area contributed by atoms with E-state index in [0.717, 1.165) is 15.4 Å². The quantitative estimate of drug-likeness (QED) is 0.789. The zero-order valence-electron chi connectivity index (χ0n) is 8.70. The molecule has 0 aliphatic heterocycles. The second-order valence-electron chi connectivity index (χ2n) is 4.36. The van der Waals surface area contributed by atoms with E-state index in [9.17, 15) is 4.79 Å². The first-order valence-electron chi connectivity index (χ1n) is 5.45. The molecule has 2 nitrogen and oxygen atoms in total. The van der Waals surface area contributed by atoms with E-state index in [1.807, 2.05) is 24.3 Å². The lowest BCUT2D eigenvalue weighted by Gasteiger charge is -1.92. The van der Waals surface area contributed by atoms with Crippen molar-refractivity contribution in [1.82, 2.24) is 0 Å². The Bertz CT molecular complexity index is 552. The maximum absolute atomic E-state index is 11.8. The van der Waals surface area contributed by atoms with E-state index in [0.29, 0.717) is 18.1 Å². The molecule has 1 aromatic heterocycles. The van der Waals surface area contributed by atoms with E-state index in [1.54, 1.807) is 0 Å². The summed E-state index contributed by atoms with van der Waals surface area (Å²) in [4.78, 5) is 11.8. The molecule has 0 amide bonds. The molecular formula is C13H11BrO2. The molecule has 1 saturated carbocycles. The molecule has 1 heterocycles. The highest BCUT2D eigenvalue weighted by molar-refractivity contribution is 9.10. The second-order valence-corrected chi connectivity index (χ2v) is 5.28. The van der Waals surface area contributed by atoms with Gasteiger partial charge in [-0.2, -0.15) is 0 Å². The Morgan fingerprint density at radius 2 is 2.19 bits per heavy atom. The smallest absolute Gasteiger partial charge is 0.198 e. The van der Waals surface area contributed by atoms with E-state index in [-0.39, 0.29) is 5.78 Å². The standard InChI is InChI=1S/C13H11BrO2/c14-10-3-4-12-9(6-10)7-13(16-12)11(15)5-8-1-2-8/h3-4,6-8H,1-2,5H2. The zero-order valence-corrected chi connectivity index (χ0v) is 10.3. The molecule has 1 aliphatic carbocycles. The number of hydrogen-bond donors (Lipinski definition) is 0. The van der Waals surface area contributed by atoms with E-state index in [2.05, 4.69) is 15.9 Å². The molecular weight excluding hydrogens is 268 g/mol. The summed E-state index contributed by atoms with van der Waals surface area (Å²) in [6.07, 6.45) is 3.02. The molecule has 0 saturated heterocycles. The number of carbonyl (C=O) groups is 1. The molecule has 1 aliphatic rings. The Balaban J connectivity index is 1.94. The van der Waals surface area contributed by atoms with Crippen LogP contribution in [0.5, 0.6) is 0 Å². The third-order valence-corrected chi connectivity index (χ3v) is 3.42. The number of carbonyl (C=O) groups excluding carboxylic acids is 1. The summed E-state index contributed by atoms with van der Waals surface area (Å²) in [5.74, 6) is 1.24. The minimum atomic E-state index is 0.134. The van der Waals surface area contributed by atoms with Gasteiger partial charge in [-0.05, 0) is 43.0 Å². The van der Waals surface area contributed by atoms with Crippen LogP contribution in [0.15, 0.2) is 33.2 Å². The third-order valence-electron chi connectivity index (χ3n) is 2.92. The Kier molecular flexibility index (Phi) is 2.36. The molecule has 0 unspecified atom stereocenters. The number of Topliss-reactive ketones (excluding diaryl/α,β-unsaturated/α-hetero) is 1. The summed E-state index contributed by atoms with van der Waals surface area (Å²) in [5, 5.41) is 0.980. The van der Waals surface area contributed by atoms with Gasteiger partial charge in [-0.1, -0.05) is 15.9 Å². The Labute approximate surface area is 102 Å². The van der Waals surface area contributed by atoms with E-state index in [4.69, 9.17) is 4.42 Å². The fourth-order valence-corrected chi connectivity index (χ4v) is 2.22. The summed E-state index contributed by atoms with van der Waals surface area (Å²) in [6, 6.07) is 7.60. The third kappa shape index (κ3) is 1.92. The molecule has 0 atom stereocenters. The average molecular weight is 279 g/mol. The lowest BCUT2D eigenvalue weighted by Crippen LogP contribution is -1.97. The van der Waals surface area contributed by atoms with Crippen LogP contribution in [0.4, 0.5) is 0 Å². The number of fused-ring (bicyclic) bond motifs is 1. The van der Waals surface area contributed by atoms with Crippen LogP contribution in [0.2, 0.25) is 0 Å². The van der Waals surface area contributed by atoms with E-state index in [1.165, 1.54) is 12.8 Å². The summed E-state index contributed by atoms with van der Waals surface area (Å²) in [6.45, 7) is 0. The molecule has 3 heteroatoms. The molecule has 0 spiro atoms. The van der Waals surface area contributed by atoms with Crippen molar-refractivity contribution in [2.24, 2.45) is 5.92 Å². The number of hydrogen-bond acceptors (Lipinski definition) is 2. The van der Waals surface area contributed by atoms with E-state index >= 15 is 0 Å². The highest BCUT2D eigenvalue weighted by Crippen LogP contribution is 2.34. The van der Waals surface area contributed by atoms with Gasteiger partial charge in [-0.3, -0.25) is 4.79 Å². The van der Waals surface area contributed by atoms with Gasteiger partial charge < -0.3 is 4.42 Å². The van der Waals surface area contributed by atoms with Crippen molar-refractivity contribution in [1.29, 1.82) is 0 Å². The van der Waals surface area contributed by atoms with Crippen LogP contribution in [-0.2, 0) is 0 Å². The van der Waals surface area contributed by atoms with Crippen molar-refractivity contribution in [3.8, 4) is 0 Å². The monoisotopic (exact) mass is 278 g/mol. The fourth-order valence-electron chi connectivity index (χ4n) is 1.84. The summed E-state index contributed by atoms with van der Waals surface area (Å²) in [7, 11) is 0. The largest absolute Gasteiger partial charge is 0.453 e. The van der Waals surface area contributed by atoms with Crippen molar-refractivity contribution in [3.05, 3.63) is 34.5 Å². The Hall–Kier alpha value is -1.09. The normalized spacial score (nSPS) is 15.6. The maximum Gasteiger partial charge on any atom is 0.198 e. The number of rotatable bonds is 3. The highest BCUT2D eigenvalue weighted by atomic mass is 79.9. The molecule has 3 rings (SSSR count). The fraction of sp³-hybridized carbons (Fsp3) is 0.308. The first-order valence-corrected chi connectivity index (χ1v) is 6.24. The summed E-state index contributed by atoms with van der Waals surface area (Å²) >= 11 is 3.40. The minimum Gasteiger partial charge on any atom is -0.453 e. The van der Waals surface area contributed by atoms with Crippen LogP contribution < -0.4 is 0 Å². The lowest BCUT2D eigenvalue weighted by molar-refractivity contribution is 0.0951. The van der Waals surface area contributed by atoms with Crippen molar-refractivity contribution >= 4 is 32.7 Å². The molecule has 0 radical (unpaired) electrons. The second kappa shape index (κ2) is 3.74. The molecule has 2 aromatic rings. The summed E-state index contributed by atoms with van der Waals surface area (Å²) < 4.78 is 6.54. The highest BCUT2D eigenvalue weighted by Gasteiger charge is 2.26. The first kappa shape index (κ1) is 10.1. The molecule has 1 fully saturated rings. The van der Waals surface area contributed by atoms with Crippen molar-refractivity contribution in [2.45, 2.75) is 19.3 Å². The number of benzene rings is 1. The van der Waals surface area contributed by atoms with Crippen LogP contribution >= 0.6 is 15.9 Å². The molecule has 16 heavy (non-hydrogen) atoms.